The van der Waals surface area contributed by atoms with Gasteiger partial charge in [-0.1, -0.05) is 30.3 Å². The van der Waals surface area contributed by atoms with Crippen LogP contribution in [0.15, 0.2) is 60.7 Å². The van der Waals surface area contributed by atoms with Crippen LogP contribution in [0.3, 0.4) is 0 Å². The standard InChI is InChI=1S/C31H26F5NO3/c1-29(33,31(34,35)36)22-5-8-25-20(13-22)15-27-30(25,16-18-2-6-23(32)7-3-18)10-11-37(27)28(39)19-4-9-26-21(12-19)14-24(38)17-40-26/h2-9,12-13,27H,10-11,14-17H2,1H3. The van der Waals surface area contributed by atoms with Gasteiger partial charge in [0.05, 0.1) is 0 Å². The van der Waals surface area contributed by atoms with E-state index in [2.05, 4.69) is 0 Å². The van der Waals surface area contributed by atoms with Gasteiger partial charge in [-0.2, -0.15) is 13.2 Å². The van der Waals surface area contributed by atoms with E-state index in [0.717, 1.165) is 11.1 Å². The molecule has 1 saturated heterocycles. The number of nitrogens with zero attached hydrogens (tertiary/aromatic N) is 1. The quantitative estimate of drug-likeness (QED) is 0.370. The molecular formula is C31H26F5NO3. The first kappa shape index (κ1) is 26.5. The number of ether oxygens (including phenoxy) is 1. The maximum absolute atomic E-state index is 14.9. The molecule has 0 saturated carbocycles. The van der Waals surface area contributed by atoms with Crippen LogP contribution in [-0.2, 0) is 35.1 Å². The monoisotopic (exact) mass is 555 g/mol. The Morgan fingerprint density at radius 1 is 1.02 bits per heavy atom. The van der Waals surface area contributed by atoms with Gasteiger partial charge in [0.1, 0.15) is 18.2 Å². The van der Waals surface area contributed by atoms with E-state index < -0.39 is 28.9 Å². The van der Waals surface area contributed by atoms with E-state index in [0.29, 0.717) is 48.8 Å². The van der Waals surface area contributed by atoms with Crippen molar-refractivity contribution in [3.63, 3.8) is 0 Å². The number of carbonyl (C=O) groups is 2. The van der Waals surface area contributed by atoms with Gasteiger partial charge in [-0.15, -0.1) is 0 Å². The second-order valence-electron chi connectivity index (χ2n) is 11.1. The third-order valence-electron chi connectivity index (χ3n) is 8.72. The molecule has 0 radical (unpaired) electrons. The van der Waals surface area contributed by atoms with E-state index in [1.165, 1.54) is 24.3 Å². The summed E-state index contributed by atoms with van der Waals surface area (Å²) in [6, 6.07) is 14.6. The molecule has 3 aromatic carbocycles. The van der Waals surface area contributed by atoms with Crippen LogP contribution in [0.25, 0.3) is 0 Å². The molecule has 1 amide bonds. The summed E-state index contributed by atoms with van der Waals surface area (Å²) in [5.41, 5.74) is -1.45. The average Bonchev–Trinajstić information content (AvgIpc) is 3.41. The number of alkyl halides is 4. The summed E-state index contributed by atoms with van der Waals surface area (Å²) in [5, 5.41) is 0. The van der Waals surface area contributed by atoms with Gasteiger partial charge in [0.25, 0.3) is 5.91 Å². The van der Waals surface area contributed by atoms with Gasteiger partial charge in [0.15, 0.2) is 5.78 Å². The summed E-state index contributed by atoms with van der Waals surface area (Å²) < 4.78 is 74.5. The van der Waals surface area contributed by atoms with Crippen molar-refractivity contribution in [3.8, 4) is 5.75 Å². The van der Waals surface area contributed by atoms with Crippen molar-refractivity contribution in [2.24, 2.45) is 0 Å². The number of rotatable bonds is 4. The van der Waals surface area contributed by atoms with Gasteiger partial charge in [0.2, 0.25) is 5.67 Å². The number of hydrogen-bond acceptors (Lipinski definition) is 3. The molecule has 2 aliphatic heterocycles. The van der Waals surface area contributed by atoms with Crippen molar-refractivity contribution >= 4 is 11.7 Å². The summed E-state index contributed by atoms with van der Waals surface area (Å²) in [4.78, 5) is 27.5. The Bertz CT molecular complexity index is 1510. The molecule has 208 valence electrons. The molecule has 3 aliphatic rings. The van der Waals surface area contributed by atoms with E-state index in [-0.39, 0.29) is 37.0 Å². The number of Topliss-reactive ketones (excluding diaryl/α,β-unsaturated/α-hetero) is 1. The van der Waals surface area contributed by atoms with Crippen molar-refractivity contribution in [2.75, 3.05) is 13.2 Å². The summed E-state index contributed by atoms with van der Waals surface area (Å²) in [6.07, 6.45) is -3.68. The lowest BCUT2D eigenvalue weighted by molar-refractivity contribution is -0.228. The highest BCUT2D eigenvalue weighted by Crippen LogP contribution is 2.52. The lowest BCUT2D eigenvalue weighted by Crippen LogP contribution is -2.44. The van der Waals surface area contributed by atoms with Crippen LogP contribution in [0.4, 0.5) is 22.0 Å². The van der Waals surface area contributed by atoms with Gasteiger partial charge in [-0.3, -0.25) is 9.59 Å². The summed E-state index contributed by atoms with van der Waals surface area (Å²) in [5.74, 6) is -0.174. The Morgan fingerprint density at radius 3 is 2.50 bits per heavy atom. The number of benzene rings is 3. The lowest BCUT2D eigenvalue weighted by Gasteiger charge is -2.34. The first-order chi connectivity index (χ1) is 18.9. The highest BCUT2D eigenvalue weighted by atomic mass is 19.4. The van der Waals surface area contributed by atoms with Crippen molar-refractivity contribution in [1.82, 2.24) is 4.90 Å². The van der Waals surface area contributed by atoms with Gasteiger partial charge in [-0.25, -0.2) is 8.78 Å². The SMILES string of the molecule is CC(F)(c1ccc2c(c1)CC1N(C(=O)c3ccc4c(c3)CC(=O)CO4)CCC21Cc1ccc(F)cc1)C(F)(F)F. The molecule has 0 N–H and O–H groups in total. The fraction of sp³-hybridized carbons (Fsp3) is 0.355. The van der Waals surface area contributed by atoms with E-state index in [1.807, 2.05) is 0 Å². The summed E-state index contributed by atoms with van der Waals surface area (Å²) in [6.45, 7) is 0.911. The summed E-state index contributed by atoms with van der Waals surface area (Å²) in [7, 11) is 0. The molecule has 2 heterocycles. The second-order valence-corrected chi connectivity index (χ2v) is 11.1. The molecule has 9 heteroatoms. The fourth-order valence-corrected chi connectivity index (χ4v) is 6.56. The molecule has 3 unspecified atom stereocenters. The number of carbonyl (C=O) groups excluding carboxylic acids is 2. The van der Waals surface area contributed by atoms with Crippen molar-refractivity contribution in [3.05, 3.63) is 99.9 Å². The number of ketones is 1. The van der Waals surface area contributed by atoms with Crippen molar-refractivity contribution < 1.29 is 36.3 Å². The Kier molecular flexibility index (Phi) is 6.05. The highest BCUT2D eigenvalue weighted by Gasteiger charge is 2.57. The normalized spacial score (nSPS) is 23.2. The molecule has 6 rings (SSSR count). The third kappa shape index (κ3) is 4.17. The number of likely N-dealkylation sites (tertiary alicyclic amines) is 1. The van der Waals surface area contributed by atoms with Gasteiger partial charge in [0, 0.05) is 35.5 Å². The van der Waals surface area contributed by atoms with Crippen LogP contribution in [-0.4, -0.2) is 42.0 Å². The Hall–Kier alpha value is -3.75. The first-order valence-corrected chi connectivity index (χ1v) is 13.1. The van der Waals surface area contributed by atoms with Crippen LogP contribution in [0.1, 0.15) is 51.5 Å². The van der Waals surface area contributed by atoms with E-state index in [9.17, 15) is 31.5 Å². The second kappa shape index (κ2) is 9.14. The zero-order valence-electron chi connectivity index (χ0n) is 21.7. The average molecular weight is 556 g/mol. The molecule has 3 aromatic rings. The molecule has 0 aromatic heterocycles. The Labute approximate surface area is 227 Å². The number of amides is 1. The maximum atomic E-state index is 14.9. The molecular weight excluding hydrogens is 529 g/mol. The molecule has 40 heavy (non-hydrogen) atoms. The Morgan fingerprint density at radius 2 is 1.77 bits per heavy atom. The largest absolute Gasteiger partial charge is 0.486 e. The van der Waals surface area contributed by atoms with Crippen molar-refractivity contribution in [1.29, 1.82) is 0 Å². The van der Waals surface area contributed by atoms with E-state index in [1.54, 1.807) is 41.3 Å². The fourth-order valence-electron chi connectivity index (χ4n) is 6.56. The highest BCUT2D eigenvalue weighted by molar-refractivity contribution is 5.96. The molecule has 4 nitrogen and oxygen atoms in total. The van der Waals surface area contributed by atoms with Crippen LogP contribution in [0.5, 0.6) is 5.75 Å². The van der Waals surface area contributed by atoms with Crippen LogP contribution in [0.2, 0.25) is 0 Å². The lowest BCUT2D eigenvalue weighted by atomic mass is 9.73. The predicted molar refractivity (Wildman–Crippen MR) is 137 cm³/mol. The third-order valence-corrected chi connectivity index (χ3v) is 8.72. The number of fused-ring (bicyclic) bond motifs is 4. The summed E-state index contributed by atoms with van der Waals surface area (Å²) >= 11 is 0. The zero-order chi connectivity index (χ0) is 28.4. The van der Waals surface area contributed by atoms with E-state index >= 15 is 0 Å². The van der Waals surface area contributed by atoms with E-state index in [4.69, 9.17) is 4.74 Å². The van der Waals surface area contributed by atoms with Crippen LogP contribution < -0.4 is 4.74 Å². The topological polar surface area (TPSA) is 46.6 Å². The number of hydrogen-bond donors (Lipinski definition) is 0. The Balaban J connectivity index is 1.39. The van der Waals surface area contributed by atoms with Gasteiger partial charge >= 0.3 is 6.18 Å². The molecule has 0 bridgehead atoms. The minimum atomic E-state index is -5.08. The molecule has 1 aliphatic carbocycles. The predicted octanol–water partition coefficient (Wildman–Crippen LogP) is 6.03. The molecule has 1 fully saturated rings. The maximum Gasteiger partial charge on any atom is 0.426 e. The van der Waals surface area contributed by atoms with Crippen LogP contribution >= 0.6 is 0 Å². The smallest absolute Gasteiger partial charge is 0.426 e. The number of halogens is 5. The first-order valence-electron chi connectivity index (χ1n) is 13.1. The minimum absolute atomic E-state index is 0.00703. The van der Waals surface area contributed by atoms with Gasteiger partial charge < -0.3 is 9.64 Å². The zero-order valence-corrected chi connectivity index (χ0v) is 21.7. The molecule has 0 spiro atoms. The van der Waals surface area contributed by atoms with Gasteiger partial charge in [-0.05, 0) is 78.8 Å². The van der Waals surface area contributed by atoms with Crippen molar-refractivity contribution in [2.45, 2.75) is 55.9 Å². The minimum Gasteiger partial charge on any atom is -0.486 e. The molecule has 3 atom stereocenters. The van der Waals surface area contributed by atoms with Crippen LogP contribution in [0, 0.1) is 5.82 Å².